The van der Waals surface area contributed by atoms with Crippen LogP contribution < -0.4 is 4.74 Å². The summed E-state index contributed by atoms with van der Waals surface area (Å²) in [5, 5.41) is 8.76. The van der Waals surface area contributed by atoms with Crippen LogP contribution in [-0.4, -0.2) is 41.1 Å². The molecule has 2 rings (SSSR count). The number of carboxylic acids is 1. The molecule has 0 saturated carbocycles. The maximum absolute atomic E-state index is 11.9. The number of likely N-dealkylation sites (tertiary alicyclic amines) is 1. The predicted octanol–water partition coefficient (Wildman–Crippen LogP) is 2.83. The van der Waals surface area contributed by atoms with Gasteiger partial charge in [-0.3, -0.25) is 9.59 Å². The first-order chi connectivity index (χ1) is 10.8. The molecule has 0 spiro atoms. The second kappa shape index (κ2) is 7.02. The molecule has 1 aromatic carbocycles. The van der Waals surface area contributed by atoms with E-state index in [2.05, 4.69) is 26.8 Å². The number of para-hydroxylation sites is 1. The fraction of sp³-hybridized carbons (Fsp3) is 0.556. The summed E-state index contributed by atoms with van der Waals surface area (Å²) < 4.78 is 6.16. The number of benzene rings is 1. The molecule has 23 heavy (non-hydrogen) atoms. The second-order valence-corrected chi connectivity index (χ2v) is 7.04. The van der Waals surface area contributed by atoms with E-state index >= 15 is 0 Å². The molecule has 1 N–H and O–H groups in total. The third-order valence-electron chi connectivity index (χ3n) is 4.02. The summed E-state index contributed by atoms with van der Waals surface area (Å²) in [5.74, 6) is -0.580. The number of ether oxygens (including phenoxy) is 1. The van der Waals surface area contributed by atoms with Gasteiger partial charge in [-0.1, -0.05) is 39.0 Å². The van der Waals surface area contributed by atoms with Crippen molar-refractivity contribution in [3.8, 4) is 5.75 Å². The van der Waals surface area contributed by atoms with Gasteiger partial charge in [0.15, 0.2) is 0 Å². The zero-order valence-electron chi connectivity index (χ0n) is 14.0. The highest BCUT2D eigenvalue weighted by atomic mass is 16.5. The van der Waals surface area contributed by atoms with Crippen molar-refractivity contribution in [2.75, 3.05) is 13.1 Å². The molecule has 0 aromatic heterocycles. The molecule has 5 heteroatoms. The highest BCUT2D eigenvalue weighted by molar-refractivity contribution is 5.93. The molecule has 1 atom stereocenters. The molecular weight excluding hydrogens is 294 g/mol. The van der Waals surface area contributed by atoms with Crippen molar-refractivity contribution in [3.63, 3.8) is 0 Å². The number of amides is 1. The lowest BCUT2D eigenvalue weighted by Gasteiger charge is -2.34. The van der Waals surface area contributed by atoms with Crippen LogP contribution in [0.2, 0.25) is 0 Å². The van der Waals surface area contributed by atoms with E-state index in [1.165, 1.54) is 0 Å². The molecule has 5 nitrogen and oxygen atoms in total. The Morgan fingerprint density at radius 1 is 1.30 bits per heavy atom. The molecule has 1 heterocycles. The average molecular weight is 319 g/mol. The lowest BCUT2D eigenvalue weighted by molar-refractivity contribution is -0.145. The van der Waals surface area contributed by atoms with E-state index in [9.17, 15) is 9.59 Å². The molecule has 1 aromatic rings. The summed E-state index contributed by atoms with van der Waals surface area (Å²) in [6, 6.07) is 7.96. The van der Waals surface area contributed by atoms with Crippen molar-refractivity contribution >= 4 is 11.9 Å². The first kappa shape index (κ1) is 17.3. The standard InChI is InChI=1S/C18H25NO4/c1-18(2,3)14-8-4-5-9-15(14)23-13-7-6-10-19(12-13)16(20)11-17(21)22/h4-5,8-9,13H,6-7,10-12H2,1-3H3,(H,21,22). The highest BCUT2D eigenvalue weighted by Crippen LogP contribution is 2.32. The average Bonchev–Trinajstić information content (AvgIpc) is 2.46. The maximum atomic E-state index is 11.9. The number of hydrogen-bond acceptors (Lipinski definition) is 3. The van der Waals surface area contributed by atoms with Crippen LogP contribution in [-0.2, 0) is 15.0 Å². The molecule has 1 amide bonds. The zero-order valence-corrected chi connectivity index (χ0v) is 14.0. The highest BCUT2D eigenvalue weighted by Gasteiger charge is 2.27. The Kier molecular flexibility index (Phi) is 5.29. The molecule has 0 bridgehead atoms. The Balaban J connectivity index is 2.06. The van der Waals surface area contributed by atoms with Crippen molar-refractivity contribution in [2.24, 2.45) is 0 Å². The summed E-state index contributed by atoms with van der Waals surface area (Å²) in [6.45, 7) is 7.47. The van der Waals surface area contributed by atoms with Gasteiger partial charge in [-0.2, -0.15) is 0 Å². The van der Waals surface area contributed by atoms with Crippen LogP contribution in [0, 0.1) is 0 Å². The lowest BCUT2D eigenvalue weighted by Crippen LogP contribution is -2.45. The van der Waals surface area contributed by atoms with Crippen molar-refractivity contribution < 1.29 is 19.4 Å². The van der Waals surface area contributed by atoms with Gasteiger partial charge < -0.3 is 14.7 Å². The van der Waals surface area contributed by atoms with Crippen LogP contribution in [0.1, 0.15) is 45.6 Å². The van der Waals surface area contributed by atoms with Crippen LogP contribution >= 0.6 is 0 Å². The molecule has 1 unspecified atom stereocenters. The van der Waals surface area contributed by atoms with Crippen molar-refractivity contribution in [1.29, 1.82) is 0 Å². The van der Waals surface area contributed by atoms with Gasteiger partial charge in [-0.05, 0) is 29.9 Å². The molecular formula is C18H25NO4. The molecule has 1 aliphatic rings. The summed E-state index contributed by atoms with van der Waals surface area (Å²) in [6.07, 6.45) is 1.15. The molecule has 0 aliphatic carbocycles. The van der Waals surface area contributed by atoms with Crippen molar-refractivity contribution in [1.82, 2.24) is 4.90 Å². The summed E-state index contributed by atoms with van der Waals surface area (Å²) in [4.78, 5) is 24.2. The van der Waals surface area contributed by atoms with Gasteiger partial charge in [0, 0.05) is 6.54 Å². The van der Waals surface area contributed by atoms with Crippen LogP contribution in [0.5, 0.6) is 5.75 Å². The Bertz CT molecular complexity index is 577. The zero-order chi connectivity index (χ0) is 17.0. The SMILES string of the molecule is CC(C)(C)c1ccccc1OC1CCCN(C(=O)CC(=O)O)C1. The first-order valence-corrected chi connectivity index (χ1v) is 8.03. The van der Waals surface area contributed by atoms with Crippen LogP contribution in [0.25, 0.3) is 0 Å². The van der Waals surface area contributed by atoms with Gasteiger partial charge in [0.25, 0.3) is 0 Å². The van der Waals surface area contributed by atoms with Crippen LogP contribution in [0.15, 0.2) is 24.3 Å². The van der Waals surface area contributed by atoms with Gasteiger partial charge in [0.05, 0.1) is 6.54 Å². The van der Waals surface area contributed by atoms with Gasteiger partial charge in [-0.25, -0.2) is 0 Å². The monoisotopic (exact) mass is 319 g/mol. The Morgan fingerprint density at radius 2 is 2.00 bits per heavy atom. The van der Waals surface area contributed by atoms with Gasteiger partial charge >= 0.3 is 5.97 Å². The number of carboxylic acid groups (broad SMARTS) is 1. The summed E-state index contributed by atoms with van der Waals surface area (Å²) in [5.41, 5.74) is 1.11. The Labute approximate surface area is 137 Å². The Morgan fingerprint density at radius 3 is 2.65 bits per heavy atom. The molecule has 1 saturated heterocycles. The lowest BCUT2D eigenvalue weighted by atomic mass is 9.86. The van der Waals surface area contributed by atoms with E-state index in [0.717, 1.165) is 24.2 Å². The fourth-order valence-corrected chi connectivity index (χ4v) is 2.87. The minimum atomic E-state index is -1.09. The van der Waals surface area contributed by atoms with Gasteiger partial charge in [0.2, 0.25) is 5.91 Å². The first-order valence-electron chi connectivity index (χ1n) is 8.03. The molecule has 1 aliphatic heterocycles. The number of piperidine rings is 1. The molecule has 126 valence electrons. The summed E-state index contributed by atoms with van der Waals surface area (Å²) >= 11 is 0. The third-order valence-corrected chi connectivity index (χ3v) is 4.02. The number of carbonyl (C=O) groups is 2. The van der Waals surface area contributed by atoms with Crippen molar-refractivity contribution in [3.05, 3.63) is 29.8 Å². The van der Waals surface area contributed by atoms with E-state index in [1.54, 1.807) is 4.90 Å². The predicted molar refractivity (Wildman–Crippen MR) is 87.6 cm³/mol. The van der Waals surface area contributed by atoms with E-state index in [0.29, 0.717) is 13.1 Å². The number of rotatable bonds is 4. The maximum Gasteiger partial charge on any atom is 0.312 e. The topological polar surface area (TPSA) is 66.8 Å². The third kappa shape index (κ3) is 4.71. The molecule has 1 fully saturated rings. The largest absolute Gasteiger partial charge is 0.488 e. The number of hydrogen-bond donors (Lipinski definition) is 1. The Hall–Kier alpha value is -2.04. The molecule has 0 radical (unpaired) electrons. The smallest absolute Gasteiger partial charge is 0.312 e. The van der Waals surface area contributed by atoms with E-state index < -0.39 is 12.4 Å². The minimum absolute atomic E-state index is 0.0237. The number of nitrogens with zero attached hydrogens (tertiary/aromatic N) is 1. The van der Waals surface area contributed by atoms with Crippen LogP contribution in [0.3, 0.4) is 0 Å². The normalized spacial score (nSPS) is 18.6. The van der Waals surface area contributed by atoms with Gasteiger partial charge in [-0.15, -0.1) is 0 Å². The van der Waals surface area contributed by atoms with Gasteiger partial charge in [0.1, 0.15) is 18.3 Å². The second-order valence-electron chi connectivity index (χ2n) is 7.04. The van der Waals surface area contributed by atoms with Crippen LogP contribution in [0.4, 0.5) is 0 Å². The van der Waals surface area contributed by atoms with E-state index in [-0.39, 0.29) is 17.4 Å². The quantitative estimate of drug-likeness (QED) is 0.867. The minimum Gasteiger partial charge on any atom is -0.488 e. The van der Waals surface area contributed by atoms with E-state index in [4.69, 9.17) is 9.84 Å². The summed E-state index contributed by atoms with van der Waals surface area (Å²) in [7, 11) is 0. The fourth-order valence-electron chi connectivity index (χ4n) is 2.87. The van der Waals surface area contributed by atoms with E-state index in [1.807, 2.05) is 18.2 Å². The van der Waals surface area contributed by atoms with Crippen molar-refractivity contribution in [2.45, 2.75) is 51.6 Å². The number of aliphatic carboxylic acids is 1. The number of carbonyl (C=O) groups excluding carboxylic acids is 1.